The first-order chi connectivity index (χ1) is 8.58. The molecule has 0 aliphatic rings. The summed E-state index contributed by atoms with van der Waals surface area (Å²) in [6.07, 6.45) is 3.09. The molecule has 0 bridgehead atoms. The molecule has 92 valence electrons. The number of hydrogen-bond donors (Lipinski definition) is 1. The minimum absolute atomic E-state index is 0.00644. The molecule has 2 N–H and O–H groups in total. The summed E-state index contributed by atoms with van der Waals surface area (Å²) < 4.78 is 13.4. The standard InChI is InChI=1S/C12H8Cl2FN3/c13-10-8(11(14)18-12(16)17-10)6-5-7-3-1-2-4-9(7)15/h1-6H,(H2,16,17,18)/b6-5+. The minimum atomic E-state index is -0.336. The molecule has 6 heteroatoms. The molecule has 0 aliphatic heterocycles. The molecule has 0 saturated carbocycles. The number of nitrogens with two attached hydrogens (primary N) is 1. The third kappa shape index (κ3) is 2.78. The van der Waals surface area contributed by atoms with Gasteiger partial charge in [0.25, 0.3) is 0 Å². The monoisotopic (exact) mass is 283 g/mol. The molecule has 1 aromatic heterocycles. The van der Waals surface area contributed by atoms with E-state index in [1.807, 2.05) is 0 Å². The van der Waals surface area contributed by atoms with Gasteiger partial charge in [0.1, 0.15) is 16.1 Å². The Bertz CT molecular complexity index is 591. The smallest absolute Gasteiger partial charge is 0.222 e. The zero-order valence-electron chi connectivity index (χ0n) is 9.07. The molecule has 0 aliphatic carbocycles. The molecule has 1 aromatic carbocycles. The SMILES string of the molecule is Nc1nc(Cl)c(/C=C/c2ccccc2F)c(Cl)n1. The van der Waals surface area contributed by atoms with Crippen LogP contribution in [0.3, 0.4) is 0 Å². The number of anilines is 1. The molecule has 0 amide bonds. The molecule has 0 atom stereocenters. The molecule has 0 saturated heterocycles. The van der Waals surface area contributed by atoms with E-state index >= 15 is 0 Å². The van der Waals surface area contributed by atoms with E-state index in [-0.39, 0.29) is 22.1 Å². The fraction of sp³-hybridized carbons (Fsp3) is 0. The number of nitrogen functional groups attached to an aromatic ring is 1. The number of halogens is 3. The number of hydrogen-bond acceptors (Lipinski definition) is 3. The molecular formula is C12H8Cl2FN3. The summed E-state index contributed by atoms with van der Waals surface area (Å²) in [5.74, 6) is -0.342. The molecule has 0 fully saturated rings. The Morgan fingerprint density at radius 2 is 1.67 bits per heavy atom. The second-order valence-electron chi connectivity index (χ2n) is 3.43. The topological polar surface area (TPSA) is 51.8 Å². The molecule has 18 heavy (non-hydrogen) atoms. The molecule has 2 aromatic rings. The highest BCUT2D eigenvalue weighted by Crippen LogP contribution is 2.24. The van der Waals surface area contributed by atoms with Gasteiger partial charge in [-0.2, -0.15) is 0 Å². The van der Waals surface area contributed by atoms with E-state index in [1.165, 1.54) is 6.07 Å². The van der Waals surface area contributed by atoms with Crippen LogP contribution in [0.5, 0.6) is 0 Å². The Morgan fingerprint density at radius 3 is 2.28 bits per heavy atom. The molecule has 3 nitrogen and oxygen atoms in total. The Morgan fingerprint density at radius 1 is 1.06 bits per heavy atom. The summed E-state index contributed by atoms with van der Waals surface area (Å²) in [6, 6.07) is 6.33. The summed E-state index contributed by atoms with van der Waals surface area (Å²) in [6.45, 7) is 0. The fourth-order valence-corrected chi connectivity index (χ4v) is 1.88. The quantitative estimate of drug-likeness (QED) is 0.856. The van der Waals surface area contributed by atoms with Crippen molar-refractivity contribution in [3.63, 3.8) is 0 Å². The van der Waals surface area contributed by atoms with Crippen LogP contribution in [-0.2, 0) is 0 Å². The lowest BCUT2D eigenvalue weighted by atomic mass is 10.2. The van der Waals surface area contributed by atoms with Crippen LogP contribution in [-0.4, -0.2) is 9.97 Å². The predicted molar refractivity (Wildman–Crippen MR) is 71.8 cm³/mol. The molecule has 0 unspecified atom stereocenters. The largest absolute Gasteiger partial charge is 0.368 e. The second-order valence-corrected chi connectivity index (χ2v) is 4.15. The van der Waals surface area contributed by atoms with Crippen LogP contribution in [0.15, 0.2) is 24.3 Å². The van der Waals surface area contributed by atoms with Crippen molar-refractivity contribution in [1.29, 1.82) is 0 Å². The maximum absolute atomic E-state index is 13.4. The zero-order chi connectivity index (χ0) is 13.1. The van der Waals surface area contributed by atoms with Crippen LogP contribution in [0.25, 0.3) is 12.2 Å². The highest BCUT2D eigenvalue weighted by molar-refractivity contribution is 6.36. The number of benzene rings is 1. The van der Waals surface area contributed by atoms with Gasteiger partial charge in [-0.05, 0) is 12.1 Å². The van der Waals surface area contributed by atoms with E-state index in [4.69, 9.17) is 28.9 Å². The Kier molecular flexibility index (Phi) is 3.79. The van der Waals surface area contributed by atoms with E-state index in [9.17, 15) is 4.39 Å². The van der Waals surface area contributed by atoms with E-state index in [0.29, 0.717) is 11.1 Å². The predicted octanol–water partition coefficient (Wildman–Crippen LogP) is 3.68. The van der Waals surface area contributed by atoms with Gasteiger partial charge in [0, 0.05) is 11.1 Å². The summed E-state index contributed by atoms with van der Waals surface area (Å²) in [4.78, 5) is 7.54. The average Bonchev–Trinajstić information content (AvgIpc) is 2.30. The number of nitrogens with zero attached hydrogens (tertiary/aromatic N) is 2. The van der Waals surface area contributed by atoms with Crippen molar-refractivity contribution < 1.29 is 4.39 Å². The first-order valence-corrected chi connectivity index (χ1v) is 5.74. The highest BCUT2D eigenvalue weighted by atomic mass is 35.5. The van der Waals surface area contributed by atoms with Crippen molar-refractivity contribution in [3.05, 3.63) is 51.5 Å². The van der Waals surface area contributed by atoms with Gasteiger partial charge in [-0.15, -0.1) is 0 Å². The van der Waals surface area contributed by atoms with Gasteiger partial charge in [0.2, 0.25) is 5.95 Å². The van der Waals surface area contributed by atoms with Gasteiger partial charge < -0.3 is 5.73 Å². The van der Waals surface area contributed by atoms with Crippen LogP contribution in [0.4, 0.5) is 10.3 Å². The maximum Gasteiger partial charge on any atom is 0.222 e. The summed E-state index contributed by atoms with van der Waals surface area (Å²) in [7, 11) is 0. The number of aromatic nitrogens is 2. The maximum atomic E-state index is 13.4. The molecule has 2 rings (SSSR count). The van der Waals surface area contributed by atoms with E-state index in [2.05, 4.69) is 9.97 Å². The average molecular weight is 284 g/mol. The lowest BCUT2D eigenvalue weighted by Gasteiger charge is -2.01. The normalized spacial score (nSPS) is 11.1. The lowest BCUT2D eigenvalue weighted by Crippen LogP contribution is -1.97. The van der Waals surface area contributed by atoms with E-state index in [1.54, 1.807) is 30.4 Å². The molecule has 1 heterocycles. The van der Waals surface area contributed by atoms with Gasteiger partial charge in [-0.25, -0.2) is 14.4 Å². The first kappa shape index (κ1) is 12.8. The van der Waals surface area contributed by atoms with Crippen molar-refractivity contribution >= 4 is 41.3 Å². The van der Waals surface area contributed by atoms with E-state index in [0.717, 1.165) is 0 Å². The van der Waals surface area contributed by atoms with Crippen LogP contribution in [0.2, 0.25) is 10.3 Å². The Balaban J connectivity index is 2.38. The summed E-state index contributed by atoms with van der Waals surface area (Å²) in [5.41, 5.74) is 6.20. The van der Waals surface area contributed by atoms with Crippen LogP contribution < -0.4 is 5.73 Å². The van der Waals surface area contributed by atoms with Gasteiger partial charge in [-0.3, -0.25) is 0 Å². The van der Waals surface area contributed by atoms with Gasteiger partial charge >= 0.3 is 0 Å². The van der Waals surface area contributed by atoms with Crippen molar-refractivity contribution in [2.24, 2.45) is 0 Å². The number of rotatable bonds is 2. The van der Waals surface area contributed by atoms with Crippen molar-refractivity contribution in [2.45, 2.75) is 0 Å². The second kappa shape index (κ2) is 5.33. The molecule has 0 radical (unpaired) electrons. The minimum Gasteiger partial charge on any atom is -0.368 e. The Hall–Kier alpha value is -1.65. The van der Waals surface area contributed by atoms with Crippen LogP contribution in [0, 0.1) is 5.82 Å². The molecule has 0 spiro atoms. The van der Waals surface area contributed by atoms with E-state index < -0.39 is 0 Å². The Labute approximate surface area is 113 Å². The van der Waals surface area contributed by atoms with Gasteiger partial charge in [-0.1, -0.05) is 47.5 Å². The van der Waals surface area contributed by atoms with Crippen molar-refractivity contribution in [1.82, 2.24) is 9.97 Å². The van der Waals surface area contributed by atoms with Crippen molar-refractivity contribution in [3.8, 4) is 0 Å². The fourth-order valence-electron chi connectivity index (χ4n) is 1.35. The van der Waals surface area contributed by atoms with Gasteiger partial charge in [0.05, 0.1) is 0 Å². The van der Waals surface area contributed by atoms with Gasteiger partial charge in [0.15, 0.2) is 0 Å². The third-order valence-electron chi connectivity index (χ3n) is 2.20. The first-order valence-electron chi connectivity index (χ1n) is 4.99. The summed E-state index contributed by atoms with van der Waals surface area (Å²) in [5, 5.41) is 0.250. The zero-order valence-corrected chi connectivity index (χ0v) is 10.6. The highest BCUT2D eigenvalue weighted by Gasteiger charge is 2.07. The lowest BCUT2D eigenvalue weighted by molar-refractivity contribution is 0.625. The van der Waals surface area contributed by atoms with Crippen LogP contribution >= 0.6 is 23.2 Å². The van der Waals surface area contributed by atoms with Crippen LogP contribution in [0.1, 0.15) is 11.1 Å². The van der Waals surface area contributed by atoms with Crippen molar-refractivity contribution in [2.75, 3.05) is 5.73 Å². The summed E-state index contributed by atoms with van der Waals surface area (Å²) >= 11 is 11.8. The molecular weight excluding hydrogens is 276 g/mol. The third-order valence-corrected chi connectivity index (χ3v) is 2.78.